The summed E-state index contributed by atoms with van der Waals surface area (Å²) in [5.41, 5.74) is 2.59. The lowest BCUT2D eigenvalue weighted by molar-refractivity contribution is 0.0928. The number of aryl methyl sites for hydroxylation is 2. The van der Waals surface area contributed by atoms with Crippen molar-refractivity contribution >= 4 is 21.6 Å². The Morgan fingerprint density at radius 3 is 2.52 bits per heavy atom. The Kier molecular flexibility index (Phi) is 5.82. The second-order valence-corrected chi connectivity index (χ2v) is 8.63. The van der Waals surface area contributed by atoms with E-state index < -0.39 is 10.0 Å². The molecule has 1 amide bonds. The van der Waals surface area contributed by atoms with E-state index in [-0.39, 0.29) is 16.8 Å². The van der Waals surface area contributed by atoms with Crippen molar-refractivity contribution in [3.63, 3.8) is 0 Å². The van der Waals surface area contributed by atoms with E-state index in [2.05, 4.69) is 15.4 Å². The molecule has 2 aromatic carbocycles. The summed E-state index contributed by atoms with van der Waals surface area (Å²) in [6, 6.07) is 11.9. The van der Waals surface area contributed by atoms with Gasteiger partial charge in [-0.1, -0.05) is 18.2 Å². The van der Waals surface area contributed by atoms with Crippen LogP contribution in [0.3, 0.4) is 0 Å². The Bertz CT molecular complexity index is 935. The van der Waals surface area contributed by atoms with Crippen molar-refractivity contribution in [3.05, 3.63) is 59.2 Å². The number of benzene rings is 2. The Morgan fingerprint density at radius 2 is 1.81 bits per heavy atom. The van der Waals surface area contributed by atoms with Crippen LogP contribution in [0.25, 0.3) is 0 Å². The Morgan fingerprint density at radius 1 is 1.07 bits per heavy atom. The van der Waals surface area contributed by atoms with Gasteiger partial charge in [-0.2, -0.15) is 0 Å². The average molecular weight is 388 g/mol. The number of hydrogen-bond donors (Lipinski definition) is 3. The minimum absolute atomic E-state index is 0.0741. The number of sulfonamides is 1. The van der Waals surface area contributed by atoms with Gasteiger partial charge in [0.15, 0.2) is 0 Å². The minimum Gasteiger partial charge on any atom is -0.349 e. The summed E-state index contributed by atoms with van der Waals surface area (Å²) in [5.74, 6) is -0.230. The highest BCUT2D eigenvalue weighted by atomic mass is 32.2. The van der Waals surface area contributed by atoms with E-state index in [0.29, 0.717) is 11.3 Å². The highest BCUT2D eigenvalue weighted by molar-refractivity contribution is 7.92. The maximum Gasteiger partial charge on any atom is 0.261 e. The molecule has 27 heavy (non-hydrogen) atoms. The molecule has 0 atom stereocenters. The van der Waals surface area contributed by atoms with Crippen molar-refractivity contribution in [1.82, 2.24) is 10.6 Å². The van der Waals surface area contributed by atoms with Crippen molar-refractivity contribution < 1.29 is 13.2 Å². The minimum atomic E-state index is -3.78. The topological polar surface area (TPSA) is 87.3 Å². The van der Waals surface area contributed by atoms with Gasteiger partial charge in [-0.15, -0.1) is 0 Å². The molecule has 0 aromatic heterocycles. The number of carbonyl (C=O) groups is 1. The maximum atomic E-state index is 12.7. The van der Waals surface area contributed by atoms with Gasteiger partial charge in [0.05, 0.1) is 4.90 Å². The first-order chi connectivity index (χ1) is 12.8. The summed E-state index contributed by atoms with van der Waals surface area (Å²) in [6.07, 6.45) is 1.75. The van der Waals surface area contributed by atoms with Crippen LogP contribution >= 0.6 is 0 Å². The van der Waals surface area contributed by atoms with Crippen molar-refractivity contribution in [2.75, 3.05) is 17.8 Å². The van der Waals surface area contributed by atoms with Crippen LogP contribution in [0.15, 0.2) is 47.4 Å². The Hall–Kier alpha value is -2.38. The van der Waals surface area contributed by atoms with E-state index >= 15 is 0 Å². The molecule has 1 aliphatic heterocycles. The predicted octanol–water partition coefficient (Wildman–Crippen LogP) is 2.59. The molecule has 2 aromatic rings. The van der Waals surface area contributed by atoms with Crippen LogP contribution in [-0.4, -0.2) is 33.5 Å². The molecule has 144 valence electrons. The van der Waals surface area contributed by atoms with Gasteiger partial charge < -0.3 is 10.6 Å². The molecule has 0 saturated carbocycles. The van der Waals surface area contributed by atoms with Gasteiger partial charge in [0.25, 0.3) is 15.9 Å². The Balaban J connectivity index is 1.82. The summed E-state index contributed by atoms with van der Waals surface area (Å²) >= 11 is 0. The number of nitrogens with one attached hydrogen (secondary N) is 3. The van der Waals surface area contributed by atoms with E-state index in [1.165, 1.54) is 12.1 Å². The van der Waals surface area contributed by atoms with Crippen molar-refractivity contribution in [1.29, 1.82) is 0 Å². The largest absolute Gasteiger partial charge is 0.349 e. The molecule has 3 N–H and O–H groups in total. The zero-order chi connectivity index (χ0) is 19.4. The third-order valence-corrected chi connectivity index (χ3v) is 6.09. The Labute approximate surface area is 160 Å². The monoisotopic (exact) mass is 387 g/mol. The molecule has 7 heteroatoms. The number of amides is 1. The van der Waals surface area contributed by atoms with Gasteiger partial charge in [-0.3, -0.25) is 9.52 Å². The molecule has 3 rings (SSSR count). The summed E-state index contributed by atoms with van der Waals surface area (Å²) in [5, 5.41) is 6.27. The van der Waals surface area contributed by atoms with Crippen molar-refractivity contribution in [2.24, 2.45) is 0 Å². The van der Waals surface area contributed by atoms with Gasteiger partial charge >= 0.3 is 0 Å². The molecule has 1 fully saturated rings. The van der Waals surface area contributed by atoms with Crippen LogP contribution in [0.2, 0.25) is 0 Å². The van der Waals surface area contributed by atoms with Crippen LogP contribution in [-0.2, 0) is 10.0 Å². The smallest absolute Gasteiger partial charge is 0.261 e. The molecule has 6 nitrogen and oxygen atoms in total. The first kappa shape index (κ1) is 19.4. The lowest BCUT2D eigenvalue weighted by Crippen LogP contribution is -2.42. The van der Waals surface area contributed by atoms with Crippen LogP contribution in [0.1, 0.15) is 34.3 Å². The SMILES string of the molecule is Cc1cccc(NS(=O)(=O)c2ccc(C)c(C(=O)NC3CCNCC3)c2)c1. The second-order valence-electron chi connectivity index (χ2n) is 6.95. The van der Waals surface area contributed by atoms with Gasteiger partial charge in [0.2, 0.25) is 0 Å². The number of rotatable bonds is 5. The first-order valence-electron chi connectivity index (χ1n) is 9.07. The molecular weight excluding hydrogens is 362 g/mol. The molecule has 1 aliphatic rings. The van der Waals surface area contributed by atoms with Crippen molar-refractivity contribution in [3.8, 4) is 0 Å². The molecule has 1 saturated heterocycles. The summed E-state index contributed by atoms with van der Waals surface area (Å²) in [4.78, 5) is 12.7. The highest BCUT2D eigenvalue weighted by Gasteiger charge is 2.21. The molecule has 0 bridgehead atoms. The summed E-state index contributed by atoms with van der Waals surface area (Å²) in [6.45, 7) is 5.45. The highest BCUT2D eigenvalue weighted by Crippen LogP contribution is 2.20. The maximum absolute atomic E-state index is 12.7. The number of anilines is 1. The summed E-state index contributed by atoms with van der Waals surface area (Å²) in [7, 11) is -3.78. The first-order valence-corrected chi connectivity index (χ1v) is 10.6. The lowest BCUT2D eigenvalue weighted by atomic mass is 10.0. The van der Waals surface area contributed by atoms with Gasteiger partial charge in [0, 0.05) is 17.3 Å². The van der Waals surface area contributed by atoms with Crippen molar-refractivity contribution in [2.45, 2.75) is 37.6 Å². The molecule has 0 unspecified atom stereocenters. The second kappa shape index (κ2) is 8.10. The van der Waals surface area contributed by atoms with Crippen LogP contribution in [0.4, 0.5) is 5.69 Å². The van der Waals surface area contributed by atoms with Crippen LogP contribution in [0.5, 0.6) is 0 Å². The molecule has 1 heterocycles. The standard InChI is InChI=1S/C20H25N3O3S/c1-14-4-3-5-17(12-14)23-27(25,26)18-7-6-15(2)19(13-18)20(24)22-16-8-10-21-11-9-16/h3-7,12-13,16,21,23H,8-11H2,1-2H3,(H,22,24). The van der Waals surface area contributed by atoms with E-state index in [4.69, 9.17) is 0 Å². The predicted molar refractivity (Wildman–Crippen MR) is 107 cm³/mol. The zero-order valence-corrected chi connectivity index (χ0v) is 16.4. The van der Waals surface area contributed by atoms with Crippen LogP contribution < -0.4 is 15.4 Å². The van der Waals surface area contributed by atoms with E-state index in [1.54, 1.807) is 24.3 Å². The number of carbonyl (C=O) groups excluding carboxylic acids is 1. The molecule has 0 aliphatic carbocycles. The molecule has 0 radical (unpaired) electrons. The van der Waals surface area contributed by atoms with Gasteiger partial charge in [0.1, 0.15) is 0 Å². The van der Waals surface area contributed by atoms with Gasteiger partial charge in [-0.25, -0.2) is 8.42 Å². The zero-order valence-electron chi connectivity index (χ0n) is 15.6. The quantitative estimate of drug-likeness (QED) is 0.736. The van der Waals surface area contributed by atoms with Crippen LogP contribution in [0, 0.1) is 13.8 Å². The average Bonchev–Trinajstić information content (AvgIpc) is 2.62. The lowest BCUT2D eigenvalue weighted by Gasteiger charge is -2.24. The summed E-state index contributed by atoms with van der Waals surface area (Å²) < 4.78 is 28.1. The number of hydrogen-bond acceptors (Lipinski definition) is 4. The van der Waals surface area contributed by atoms with E-state index in [0.717, 1.165) is 37.1 Å². The third kappa shape index (κ3) is 4.87. The van der Waals surface area contributed by atoms with E-state index in [9.17, 15) is 13.2 Å². The fourth-order valence-electron chi connectivity index (χ4n) is 3.16. The molecular formula is C20H25N3O3S. The number of piperidine rings is 1. The van der Waals surface area contributed by atoms with Gasteiger partial charge in [-0.05, 0) is 75.2 Å². The third-order valence-electron chi connectivity index (χ3n) is 4.71. The normalized spacial score (nSPS) is 15.3. The fourth-order valence-corrected chi connectivity index (χ4v) is 4.24. The fraction of sp³-hybridized carbons (Fsp3) is 0.350. The van der Waals surface area contributed by atoms with E-state index in [1.807, 2.05) is 19.9 Å². The molecule has 0 spiro atoms.